The van der Waals surface area contributed by atoms with Gasteiger partial charge < -0.3 is 5.32 Å². The molecule has 0 radical (unpaired) electrons. The van der Waals surface area contributed by atoms with Crippen LogP contribution in [-0.2, 0) is 0 Å². The highest BCUT2D eigenvalue weighted by atomic mass is 19.1. The molecule has 0 aromatic heterocycles. The summed E-state index contributed by atoms with van der Waals surface area (Å²) >= 11 is 0. The van der Waals surface area contributed by atoms with Crippen molar-refractivity contribution >= 4 is 5.69 Å². The highest BCUT2D eigenvalue weighted by Crippen LogP contribution is 2.51. The van der Waals surface area contributed by atoms with Crippen molar-refractivity contribution in [1.29, 1.82) is 5.26 Å². The van der Waals surface area contributed by atoms with Gasteiger partial charge in [-0.3, -0.25) is 0 Å². The Morgan fingerprint density at radius 3 is 2.25 bits per heavy atom. The van der Waals surface area contributed by atoms with E-state index in [1.807, 2.05) is 0 Å². The zero-order chi connectivity index (χ0) is 14.1. The van der Waals surface area contributed by atoms with Crippen molar-refractivity contribution in [3.05, 3.63) is 30.1 Å². The monoisotopic (exact) mass is 272 g/mol. The number of nitrogens with zero attached hydrogens (tertiary/aromatic N) is 1. The molecule has 2 aliphatic carbocycles. The molecular formula is C17H21FN2. The van der Waals surface area contributed by atoms with Crippen LogP contribution in [0.2, 0.25) is 0 Å². The lowest BCUT2D eigenvalue weighted by molar-refractivity contribution is 0.167. The molecule has 0 amide bonds. The molecule has 20 heavy (non-hydrogen) atoms. The molecule has 2 fully saturated rings. The zero-order valence-electron chi connectivity index (χ0n) is 11.8. The third-order valence-electron chi connectivity index (χ3n) is 5.29. The van der Waals surface area contributed by atoms with Crippen LogP contribution in [0.25, 0.3) is 0 Å². The molecule has 2 saturated carbocycles. The van der Waals surface area contributed by atoms with E-state index in [0.717, 1.165) is 25.7 Å². The largest absolute Gasteiger partial charge is 0.365 e. The molecule has 1 aromatic rings. The van der Waals surface area contributed by atoms with Gasteiger partial charge in [0, 0.05) is 0 Å². The fourth-order valence-corrected chi connectivity index (χ4v) is 3.92. The second kappa shape index (κ2) is 5.09. The first-order valence-electron chi connectivity index (χ1n) is 7.61. The quantitative estimate of drug-likeness (QED) is 0.851. The number of halogens is 1. The first-order chi connectivity index (χ1) is 9.67. The van der Waals surface area contributed by atoms with Crippen LogP contribution in [0.3, 0.4) is 0 Å². The molecule has 1 aromatic carbocycles. The van der Waals surface area contributed by atoms with Crippen molar-refractivity contribution in [3.63, 3.8) is 0 Å². The van der Waals surface area contributed by atoms with E-state index in [1.165, 1.54) is 31.7 Å². The van der Waals surface area contributed by atoms with E-state index in [9.17, 15) is 9.65 Å². The molecule has 0 saturated heterocycles. The summed E-state index contributed by atoms with van der Waals surface area (Å²) in [7, 11) is 0. The van der Waals surface area contributed by atoms with Crippen LogP contribution in [-0.4, -0.2) is 5.54 Å². The van der Waals surface area contributed by atoms with Crippen LogP contribution < -0.4 is 5.32 Å². The van der Waals surface area contributed by atoms with E-state index < -0.39 is 5.54 Å². The smallest absolute Gasteiger partial charge is 0.146 e. The van der Waals surface area contributed by atoms with Crippen molar-refractivity contribution in [2.24, 2.45) is 5.41 Å². The van der Waals surface area contributed by atoms with Gasteiger partial charge >= 0.3 is 0 Å². The van der Waals surface area contributed by atoms with Gasteiger partial charge in [0.1, 0.15) is 11.4 Å². The second-order valence-corrected chi connectivity index (χ2v) is 6.51. The molecule has 0 heterocycles. The molecular weight excluding hydrogens is 251 g/mol. The average Bonchev–Trinajstić information content (AvgIpc) is 2.93. The molecule has 1 spiro atoms. The summed E-state index contributed by atoms with van der Waals surface area (Å²) in [5, 5.41) is 12.8. The van der Waals surface area contributed by atoms with Gasteiger partial charge in [0.15, 0.2) is 0 Å². The predicted molar refractivity (Wildman–Crippen MR) is 77.7 cm³/mol. The van der Waals surface area contributed by atoms with Crippen LogP contribution in [0.15, 0.2) is 24.3 Å². The van der Waals surface area contributed by atoms with Crippen LogP contribution in [0, 0.1) is 22.6 Å². The summed E-state index contributed by atoms with van der Waals surface area (Å²) in [4.78, 5) is 0. The number of anilines is 1. The summed E-state index contributed by atoms with van der Waals surface area (Å²) in [5.41, 5.74) is 0.351. The topological polar surface area (TPSA) is 35.8 Å². The Hall–Kier alpha value is -1.56. The van der Waals surface area contributed by atoms with Crippen LogP contribution in [0.1, 0.15) is 51.4 Å². The highest BCUT2D eigenvalue weighted by molar-refractivity contribution is 5.49. The lowest BCUT2D eigenvalue weighted by Crippen LogP contribution is -2.43. The highest BCUT2D eigenvalue weighted by Gasteiger charge is 2.44. The van der Waals surface area contributed by atoms with Gasteiger partial charge in [0.2, 0.25) is 0 Å². The number of nitrogens with one attached hydrogen (secondary N) is 1. The summed E-state index contributed by atoms with van der Waals surface area (Å²) in [6.45, 7) is 0. The van der Waals surface area contributed by atoms with Crippen LogP contribution >= 0.6 is 0 Å². The molecule has 0 atom stereocenters. The van der Waals surface area contributed by atoms with E-state index in [1.54, 1.807) is 18.2 Å². The van der Waals surface area contributed by atoms with E-state index in [0.29, 0.717) is 11.1 Å². The predicted octanol–water partition coefficient (Wildman–Crippen LogP) is 4.63. The minimum Gasteiger partial charge on any atom is -0.365 e. The summed E-state index contributed by atoms with van der Waals surface area (Å²) in [6, 6.07) is 9.06. The number of hydrogen-bond donors (Lipinski definition) is 1. The molecule has 0 unspecified atom stereocenters. The van der Waals surface area contributed by atoms with Crippen molar-refractivity contribution < 1.29 is 4.39 Å². The Labute approximate surface area is 120 Å². The first kappa shape index (κ1) is 13.4. The standard InChI is InChI=1S/C17H21FN2/c18-14-5-1-2-6-15(14)20-17(13-19)11-9-16(10-12-17)7-3-4-8-16/h1-2,5-6,20H,3-4,7-12H2. The lowest BCUT2D eigenvalue weighted by atomic mass is 9.67. The van der Waals surface area contributed by atoms with Crippen molar-refractivity contribution in [3.8, 4) is 6.07 Å². The third-order valence-corrected chi connectivity index (χ3v) is 5.29. The normalized spacial score (nSPS) is 23.4. The molecule has 0 bridgehead atoms. The Morgan fingerprint density at radius 2 is 1.65 bits per heavy atom. The molecule has 0 aliphatic heterocycles. The zero-order valence-corrected chi connectivity index (χ0v) is 11.8. The Balaban J connectivity index is 1.74. The summed E-state index contributed by atoms with van der Waals surface area (Å²) < 4.78 is 13.8. The van der Waals surface area contributed by atoms with E-state index in [2.05, 4.69) is 11.4 Å². The third kappa shape index (κ3) is 2.40. The Morgan fingerprint density at radius 1 is 1.00 bits per heavy atom. The minimum atomic E-state index is -0.587. The fraction of sp³-hybridized carbons (Fsp3) is 0.588. The molecule has 3 rings (SSSR count). The van der Waals surface area contributed by atoms with Gasteiger partial charge in [0.05, 0.1) is 11.8 Å². The number of rotatable bonds is 2. The minimum absolute atomic E-state index is 0.275. The number of benzene rings is 1. The molecule has 106 valence electrons. The summed E-state index contributed by atoms with van der Waals surface area (Å²) in [5.74, 6) is -0.275. The maximum Gasteiger partial charge on any atom is 0.146 e. The van der Waals surface area contributed by atoms with E-state index >= 15 is 0 Å². The second-order valence-electron chi connectivity index (χ2n) is 6.51. The fourth-order valence-electron chi connectivity index (χ4n) is 3.92. The maximum atomic E-state index is 13.8. The lowest BCUT2D eigenvalue weighted by Gasteiger charge is -2.42. The van der Waals surface area contributed by atoms with Crippen molar-refractivity contribution in [2.45, 2.75) is 56.9 Å². The van der Waals surface area contributed by atoms with Gasteiger partial charge in [0.25, 0.3) is 0 Å². The molecule has 3 heteroatoms. The van der Waals surface area contributed by atoms with E-state index in [4.69, 9.17) is 0 Å². The average molecular weight is 272 g/mol. The number of nitriles is 1. The first-order valence-corrected chi connectivity index (χ1v) is 7.61. The number of para-hydroxylation sites is 1. The maximum absolute atomic E-state index is 13.8. The van der Waals surface area contributed by atoms with Gasteiger partial charge in [-0.05, 0) is 56.1 Å². The van der Waals surface area contributed by atoms with Gasteiger partial charge in [-0.15, -0.1) is 0 Å². The Kier molecular flexibility index (Phi) is 3.41. The van der Waals surface area contributed by atoms with E-state index in [-0.39, 0.29) is 5.82 Å². The SMILES string of the molecule is N#CC1(Nc2ccccc2F)CCC2(CCCC2)CC1. The summed E-state index contributed by atoms with van der Waals surface area (Å²) in [6.07, 6.45) is 9.16. The van der Waals surface area contributed by atoms with Gasteiger partial charge in [-0.25, -0.2) is 4.39 Å². The number of hydrogen-bond acceptors (Lipinski definition) is 2. The van der Waals surface area contributed by atoms with Crippen LogP contribution in [0.5, 0.6) is 0 Å². The van der Waals surface area contributed by atoms with Crippen molar-refractivity contribution in [1.82, 2.24) is 0 Å². The Bertz CT molecular complexity index is 516. The van der Waals surface area contributed by atoms with Gasteiger partial charge in [-0.1, -0.05) is 25.0 Å². The molecule has 1 N–H and O–H groups in total. The van der Waals surface area contributed by atoms with Crippen molar-refractivity contribution in [2.75, 3.05) is 5.32 Å². The molecule has 2 nitrogen and oxygen atoms in total. The van der Waals surface area contributed by atoms with Crippen LogP contribution in [0.4, 0.5) is 10.1 Å². The van der Waals surface area contributed by atoms with Gasteiger partial charge in [-0.2, -0.15) is 5.26 Å². The molecule has 2 aliphatic rings.